The number of ether oxygens (including phenoxy) is 1. The highest BCUT2D eigenvalue weighted by atomic mass is 16.5. The van der Waals surface area contributed by atoms with E-state index in [1.54, 1.807) is 0 Å². The molecule has 0 aliphatic rings. The summed E-state index contributed by atoms with van der Waals surface area (Å²) >= 11 is 0. The van der Waals surface area contributed by atoms with Crippen LogP contribution < -0.4 is 5.32 Å². The molecular weight excluding hydrogens is 250 g/mol. The topological polar surface area (TPSA) is 92.7 Å². The number of hydrogen-bond acceptors (Lipinski definition) is 4. The smallest absolute Gasteiger partial charge is 0.326 e. The fourth-order valence-corrected chi connectivity index (χ4v) is 1.29. The zero-order valence-corrected chi connectivity index (χ0v) is 12.1. The van der Waals surface area contributed by atoms with Crippen molar-refractivity contribution in [3.8, 4) is 0 Å². The van der Waals surface area contributed by atoms with Gasteiger partial charge in [0.05, 0.1) is 13.5 Å². The molecule has 0 aliphatic carbocycles. The SMILES string of the molecule is COC(=O)C[C@H](NC(=O)CC(C)C(C)(C)C)C(=O)O. The van der Waals surface area contributed by atoms with Crippen LogP contribution in [0.3, 0.4) is 0 Å². The minimum Gasteiger partial charge on any atom is -0.480 e. The molecule has 2 atom stereocenters. The van der Waals surface area contributed by atoms with Gasteiger partial charge in [0.15, 0.2) is 0 Å². The average Bonchev–Trinajstić information content (AvgIpc) is 2.26. The van der Waals surface area contributed by atoms with Crippen LogP contribution in [0.2, 0.25) is 0 Å². The van der Waals surface area contributed by atoms with E-state index in [9.17, 15) is 14.4 Å². The summed E-state index contributed by atoms with van der Waals surface area (Å²) in [4.78, 5) is 33.8. The molecule has 0 rings (SSSR count). The number of carboxylic acids is 1. The zero-order chi connectivity index (χ0) is 15.2. The Hall–Kier alpha value is -1.59. The molecule has 19 heavy (non-hydrogen) atoms. The van der Waals surface area contributed by atoms with Crippen LogP contribution >= 0.6 is 0 Å². The summed E-state index contributed by atoms with van der Waals surface area (Å²) < 4.78 is 4.39. The van der Waals surface area contributed by atoms with E-state index in [0.717, 1.165) is 0 Å². The first-order valence-electron chi connectivity index (χ1n) is 6.17. The Kier molecular flexibility index (Phi) is 6.52. The molecule has 1 unspecified atom stereocenters. The van der Waals surface area contributed by atoms with E-state index in [0.29, 0.717) is 0 Å². The molecule has 0 aromatic heterocycles. The normalized spacial score (nSPS) is 14.4. The number of hydrogen-bond donors (Lipinski definition) is 2. The van der Waals surface area contributed by atoms with Crippen molar-refractivity contribution in [2.45, 2.75) is 46.6 Å². The lowest BCUT2D eigenvalue weighted by Crippen LogP contribution is -2.43. The summed E-state index contributed by atoms with van der Waals surface area (Å²) in [5.74, 6) is -2.20. The lowest BCUT2D eigenvalue weighted by molar-refractivity contribution is -0.148. The Morgan fingerprint density at radius 2 is 1.74 bits per heavy atom. The van der Waals surface area contributed by atoms with Gasteiger partial charge in [-0.05, 0) is 11.3 Å². The van der Waals surface area contributed by atoms with Gasteiger partial charge < -0.3 is 15.2 Å². The summed E-state index contributed by atoms with van der Waals surface area (Å²) in [6.45, 7) is 7.95. The van der Waals surface area contributed by atoms with Crippen LogP contribution in [0.25, 0.3) is 0 Å². The van der Waals surface area contributed by atoms with Gasteiger partial charge in [0, 0.05) is 6.42 Å². The Morgan fingerprint density at radius 1 is 1.21 bits per heavy atom. The molecule has 0 aromatic rings. The van der Waals surface area contributed by atoms with Crippen LogP contribution in [0.15, 0.2) is 0 Å². The first kappa shape index (κ1) is 17.4. The molecule has 0 fully saturated rings. The van der Waals surface area contributed by atoms with Crippen LogP contribution in [0.5, 0.6) is 0 Å². The maximum absolute atomic E-state index is 11.8. The quantitative estimate of drug-likeness (QED) is 0.709. The summed E-state index contributed by atoms with van der Waals surface area (Å²) in [6.07, 6.45) is -0.157. The number of esters is 1. The van der Waals surface area contributed by atoms with Crippen LogP contribution in [0, 0.1) is 11.3 Å². The third-order valence-corrected chi connectivity index (χ3v) is 3.20. The highest BCUT2D eigenvalue weighted by Gasteiger charge is 2.27. The molecule has 0 aromatic carbocycles. The molecule has 0 spiro atoms. The van der Waals surface area contributed by atoms with Gasteiger partial charge in [0.1, 0.15) is 6.04 Å². The first-order chi connectivity index (χ1) is 8.57. The molecular formula is C13H23NO5. The number of carboxylic acid groups (broad SMARTS) is 1. The number of methoxy groups -OCH3 is 1. The van der Waals surface area contributed by atoms with Gasteiger partial charge >= 0.3 is 11.9 Å². The highest BCUT2D eigenvalue weighted by molar-refractivity contribution is 5.87. The molecule has 0 bridgehead atoms. The third kappa shape index (κ3) is 6.79. The van der Waals surface area contributed by atoms with Gasteiger partial charge in [-0.15, -0.1) is 0 Å². The fraction of sp³-hybridized carbons (Fsp3) is 0.769. The monoisotopic (exact) mass is 273 g/mol. The number of carbonyl (C=O) groups excluding carboxylic acids is 2. The molecule has 6 heteroatoms. The lowest BCUT2D eigenvalue weighted by atomic mass is 9.80. The van der Waals surface area contributed by atoms with E-state index in [2.05, 4.69) is 10.1 Å². The van der Waals surface area contributed by atoms with Crippen LogP contribution in [-0.2, 0) is 19.1 Å². The largest absolute Gasteiger partial charge is 0.480 e. The summed E-state index contributed by atoms with van der Waals surface area (Å²) in [5.41, 5.74) is -0.0432. The van der Waals surface area contributed by atoms with Gasteiger partial charge in [-0.2, -0.15) is 0 Å². The molecule has 2 N–H and O–H groups in total. The number of amides is 1. The zero-order valence-electron chi connectivity index (χ0n) is 12.1. The number of rotatable bonds is 6. The van der Waals surface area contributed by atoms with Crippen LogP contribution in [0.4, 0.5) is 0 Å². The first-order valence-corrected chi connectivity index (χ1v) is 6.17. The third-order valence-electron chi connectivity index (χ3n) is 3.20. The van der Waals surface area contributed by atoms with Crippen molar-refractivity contribution < 1.29 is 24.2 Å². The standard InChI is InChI=1S/C13H23NO5/c1-8(13(2,3)4)6-10(15)14-9(12(17)18)7-11(16)19-5/h8-9H,6-7H2,1-5H3,(H,14,15)(H,17,18)/t8?,9-/m0/s1. The van der Waals surface area contributed by atoms with Gasteiger partial charge in [-0.3, -0.25) is 9.59 Å². The minimum atomic E-state index is -1.25. The molecule has 0 aliphatic heterocycles. The molecule has 0 radical (unpaired) electrons. The van der Waals surface area contributed by atoms with Crippen LogP contribution in [0.1, 0.15) is 40.5 Å². The highest BCUT2D eigenvalue weighted by Crippen LogP contribution is 2.27. The van der Waals surface area contributed by atoms with E-state index in [1.165, 1.54) is 7.11 Å². The second kappa shape index (κ2) is 7.11. The number of aliphatic carboxylic acids is 1. The second-order valence-corrected chi connectivity index (χ2v) is 5.71. The average molecular weight is 273 g/mol. The predicted molar refractivity (Wildman–Crippen MR) is 69.4 cm³/mol. The molecule has 0 saturated carbocycles. The van der Waals surface area contributed by atoms with Gasteiger partial charge in [-0.25, -0.2) is 4.79 Å². The Balaban J connectivity index is 4.49. The van der Waals surface area contributed by atoms with E-state index >= 15 is 0 Å². The van der Waals surface area contributed by atoms with Crippen molar-refractivity contribution in [2.75, 3.05) is 7.11 Å². The molecule has 0 saturated heterocycles. The molecule has 0 heterocycles. The van der Waals surface area contributed by atoms with Crippen molar-refractivity contribution in [3.05, 3.63) is 0 Å². The minimum absolute atomic E-state index is 0.0432. The Labute approximate surface area is 113 Å². The molecule has 110 valence electrons. The summed E-state index contributed by atoms with van der Waals surface area (Å²) in [7, 11) is 1.17. The van der Waals surface area contributed by atoms with Crippen LogP contribution in [-0.4, -0.2) is 36.1 Å². The van der Waals surface area contributed by atoms with Crippen molar-refractivity contribution in [3.63, 3.8) is 0 Å². The van der Waals surface area contributed by atoms with E-state index in [1.807, 2.05) is 27.7 Å². The Morgan fingerprint density at radius 3 is 2.11 bits per heavy atom. The van der Waals surface area contributed by atoms with E-state index in [4.69, 9.17) is 5.11 Å². The summed E-state index contributed by atoms with van der Waals surface area (Å²) in [5, 5.41) is 11.3. The maximum atomic E-state index is 11.8. The summed E-state index contributed by atoms with van der Waals surface area (Å²) in [6, 6.07) is -1.24. The predicted octanol–water partition coefficient (Wildman–Crippen LogP) is 1.19. The van der Waals surface area contributed by atoms with Crippen molar-refractivity contribution in [2.24, 2.45) is 11.3 Å². The molecule has 1 amide bonds. The second-order valence-electron chi connectivity index (χ2n) is 5.71. The number of carbonyl (C=O) groups is 3. The maximum Gasteiger partial charge on any atom is 0.326 e. The number of nitrogens with one attached hydrogen (secondary N) is 1. The molecule has 6 nitrogen and oxygen atoms in total. The lowest BCUT2D eigenvalue weighted by Gasteiger charge is -2.27. The van der Waals surface area contributed by atoms with Gasteiger partial charge in [0.2, 0.25) is 5.91 Å². The van der Waals surface area contributed by atoms with E-state index < -0.39 is 18.0 Å². The van der Waals surface area contributed by atoms with E-state index in [-0.39, 0.29) is 30.1 Å². The van der Waals surface area contributed by atoms with Crippen molar-refractivity contribution >= 4 is 17.8 Å². The Bertz CT molecular complexity index is 345. The van der Waals surface area contributed by atoms with Crippen molar-refractivity contribution in [1.29, 1.82) is 0 Å². The van der Waals surface area contributed by atoms with Gasteiger partial charge in [-0.1, -0.05) is 27.7 Å². The fourth-order valence-electron chi connectivity index (χ4n) is 1.29. The van der Waals surface area contributed by atoms with Crippen molar-refractivity contribution in [1.82, 2.24) is 5.32 Å². The van der Waals surface area contributed by atoms with Gasteiger partial charge in [0.25, 0.3) is 0 Å².